The Hall–Kier alpha value is -1.75. The Bertz CT molecular complexity index is 525. The van der Waals surface area contributed by atoms with Gasteiger partial charge >= 0.3 is 0 Å². The quantitative estimate of drug-likeness (QED) is 0.780. The van der Waals surface area contributed by atoms with Gasteiger partial charge in [-0.25, -0.2) is 0 Å². The van der Waals surface area contributed by atoms with Crippen molar-refractivity contribution in [2.45, 2.75) is 33.7 Å². The highest BCUT2D eigenvalue weighted by Crippen LogP contribution is 2.27. The minimum Gasteiger partial charge on any atom is -0.492 e. The Morgan fingerprint density at radius 3 is 2.54 bits per heavy atom. The molecule has 5 nitrogen and oxygen atoms in total. The number of para-hydroxylation sites is 2. The highest BCUT2D eigenvalue weighted by atomic mass is 16.5. The summed E-state index contributed by atoms with van der Waals surface area (Å²) in [4.78, 5) is 15.9. The number of amides is 1. The summed E-state index contributed by atoms with van der Waals surface area (Å²) in [6, 6.07) is 8.44. The summed E-state index contributed by atoms with van der Waals surface area (Å²) < 4.78 is 5.74. The average molecular weight is 334 g/mol. The number of carbonyl (C=O) groups excluding carboxylic acids is 1. The number of anilines is 1. The van der Waals surface area contributed by atoms with Crippen molar-refractivity contribution in [2.24, 2.45) is 5.92 Å². The topological polar surface area (TPSA) is 46.0 Å². The molecule has 1 amide bonds. The fraction of sp³-hybridized carbons (Fsp3) is 0.632. The first-order valence-corrected chi connectivity index (χ1v) is 9.11. The molecule has 1 aromatic rings. The number of hydrogen-bond acceptors (Lipinski definition) is 3. The Kier molecular flexibility index (Phi) is 6.91. The number of piperazine rings is 1. The lowest BCUT2D eigenvalue weighted by atomic mass is 10.1. The van der Waals surface area contributed by atoms with Crippen molar-refractivity contribution in [1.29, 1.82) is 0 Å². The fourth-order valence-electron chi connectivity index (χ4n) is 2.94. The van der Waals surface area contributed by atoms with Crippen LogP contribution in [0.25, 0.3) is 0 Å². The van der Waals surface area contributed by atoms with E-state index in [0.717, 1.165) is 37.6 Å². The van der Waals surface area contributed by atoms with Crippen molar-refractivity contribution >= 4 is 11.6 Å². The van der Waals surface area contributed by atoms with Gasteiger partial charge in [0.1, 0.15) is 5.75 Å². The van der Waals surface area contributed by atoms with Crippen LogP contribution in [0.4, 0.5) is 5.69 Å². The lowest BCUT2D eigenvalue weighted by Crippen LogP contribution is -3.16. The van der Waals surface area contributed by atoms with Gasteiger partial charge in [-0.05, 0) is 31.9 Å². The van der Waals surface area contributed by atoms with Gasteiger partial charge in [-0.1, -0.05) is 26.0 Å². The summed E-state index contributed by atoms with van der Waals surface area (Å²) in [5, 5.41) is 3.10. The summed E-state index contributed by atoms with van der Waals surface area (Å²) in [5.74, 6) is 1.58. The Morgan fingerprint density at radius 1 is 1.25 bits per heavy atom. The highest BCUT2D eigenvalue weighted by molar-refractivity contribution is 5.77. The maximum atomic E-state index is 12.2. The molecule has 1 atom stereocenters. The average Bonchev–Trinajstić information content (AvgIpc) is 2.56. The zero-order chi connectivity index (χ0) is 17.5. The number of nitrogens with one attached hydrogen (secondary N) is 2. The van der Waals surface area contributed by atoms with Crippen LogP contribution in [-0.4, -0.2) is 51.3 Å². The number of benzene rings is 1. The second-order valence-electron chi connectivity index (χ2n) is 6.91. The van der Waals surface area contributed by atoms with Crippen LogP contribution in [0.1, 0.15) is 27.7 Å². The molecule has 2 N–H and O–H groups in total. The van der Waals surface area contributed by atoms with Gasteiger partial charge in [0, 0.05) is 6.04 Å². The van der Waals surface area contributed by atoms with E-state index in [1.165, 1.54) is 4.90 Å². The van der Waals surface area contributed by atoms with E-state index in [2.05, 4.69) is 43.1 Å². The predicted molar refractivity (Wildman–Crippen MR) is 97.8 cm³/mol. The van der Waals surface area contributed by atoms with E-state index in [1.807, 2.05) is 19.1 Å². The minimum atomic E-state index is 0.161. The molecule has 0 aromatic heterocycles. The smallest absolute Gasteiger partial charge is 0.275 e. The molecule has 1 saturated heterocycles. The van der Waals surface area contributed by atoms with E-state index in [0.29, 0.717) is 19.1 Å². The van der Waals surface area contributed by atoms with Gasteiger partial charge < -0.3 is 19.9 Å². The molecule has 0 aliphatic carbocycles. The Labute approximate surface area is 146 Å². The molecule has 0 radical (unpaired) electrons. The first kappa shape index (κ1) is 18.6. The maximum absolute atomic E-state index is 12.2. The van der Waals surface area contributed by atoms with Gasteiger partial charge in [0.25, 0.3) is 5.91 Å². The van der Waals surface area contributed by atoms with E-state index >= 15 is 0 Å². The molecule has 134 valence electrons. The standard InChI is InChI=1S/C19H31N3O2/c1-5-24-18-9-7-6-8-17(18)22-12-10-21(11-13-22)14-19(23)20-16(4)15(2)3/h6-9,15-16H,5,10-14H2,1-4H3,(H,20,23)/p+1/t16-/m1/s1. The van der Waals surface area contributed by atoms with Crippen molar-refractivity contribution in [3.63, 3.8) is 0 Å². The molecule has 0 bridgehead atoms. The second kappa shape index (κ2) is 8.92. The van der Waals surface area contributed by atoms with Crippen molar-refractivity contribution < 1.29 is 14.4 Å². The number of nitrogens with zero attached hydrogens (tertiary/aromatic N) is 1. The third kappa shape index (κ3) is 5.13. The van der Waals surface area contributed by atoms with Gasteiger partial charge in [0.2, 0.25) is 0 Å². The molecule has 1 aliphatic rings. The van der Waals surface area contributed by atoms with Gasteiger partial charge in [-0.2, -0.15) is 0 Å². The maximum Gasteiger partial charge on any atom is 0.275 e. The number of rotatable bonds is 7. The zero-order valence-electron chi connectivity index (χ0n) is 15.5. The van der Waals surface area contributed by atoms with Gasteiger partial charge in [-0.15, -0.1) is 0 Å². The van der Waals surface area contributed by atoms with Gasteiger partial charge in [-0.3, -0.25) is 4.79 Å². The van der Waals surface area contributed by atoms with Crippen LogP contribution >= 0.6 is 0 Å². The molecule has 2 rings (SSSR count). The Morgan fingerprint density at radius 2 is 1.92 bits per heavy atom. The summed E-state index contributed by atoms with van der Waals surface area (Å²) >= 11 is 0. The van der Waals surface area contributed by atoms with Crippen LogP contribution < -0.4 is 19.9 Å². The lowest BCUT2D eigenvalue weighted by molar-refractivity contribution is -0.892. The molecule has 1 aromatic carbocycles. The van der Waals surface area contributed by atoms with Gasteiger partial charge in [0.15, 0.2) is 6.54 Å². The third-order valence-electron chi connectivity index (χ3n) is 4.78. The minimum absolute atomic E-state index is 0.161. The van der Waals surface area contributed by atoms with E-state index in [-0.39, 0.29) is 11.9 Å². The first-order valence-electron chi connectivity index (χ1n) is 9.11. The van der Waals surface area contributed by atoms with E-state index in [4.69, 9.17) is 4.74 Å². The van der Waals surface area contributed by atoms with E-state index < -0.39 is 0 Å². The largest absolute Gasteiger partial charge is 0.492 e. The summed E-state index contributed by atoms with van der Waals surface area (Å²) in [7, 11) is 0. The number of ether oxygens (including phenoxy) is 1. The van der Waals surface area contributed by atoms with Crippen LogP contribution in [0.15, 0.2) is 24.3 Å². The predicted octanol–water partition coefficient (Wildman–Crippen LogP) is 0.951. The summed E-state index contributed by atoms with van der Waals surface area (Å²) in [6.45, 7) is 13.4. The van der Waals surface area contributed by atoms with Crippen LogP contribution in [0, 0.1) is 5.92 Å². The number of carbonyl (C=O) groups is 1. The normalized spacial score (nSPS) is 17.0. The molecular weight excluding hydrogens is 302 g/mol. The molecular formula is C19H32N3O2+. The van der Waals surface area contributed by atoms with Crippen LogP contribution in [-0.2, 0) is 4.79 Å². The number of quaternary nitrogens is 1. The molecule has 1 heterocycles. The van der Waals surface area contributed by atoms with Crippen molar-refractivity contribution in [2.75, 3.05) is 44.2 Å². The molecule has 1 fully saturated rings. The monoisotopic (exact) mass is 334 g/mol. The lowest BCUT2D eigenvalue weighted by Gasteiger charge is -2.34. The molecule has 0 spiro atoms. The molecule has 1 aliphatic heterocycles. The van der Waals surface area contributed by atoms with Crippen LogP contribution in [0.5, 0.6) is 5.75 Å². The second-order valence-corrected chi connectivity index (χ2v) is 6.91. The van der Waals surface area contributed by atoms with Crippen molar-refractivity contribution in [1.82, 2.24) is 5.32 Å². The summed E-state index contributed by atoms with van der Waals surface area (Å²) in [5.41, 5.74) is 1.16. The third-order valence-corrected chi connectivity index (χ3v) is 4.78. The zero-order valence-corrected chi connectivity index (χ0v) is 15.5. The molecule has 0 saturated carbocycles. The number of hydrogen-bond donors (Lipinski definition) is 2. The van der Waals surface area contributed by atoms with Crippen molar-refractivity contribution in [3.05, 3.63) is 24.3 Å². The molecule has 5 heteroatoms. The van der Waals surface area contributed by atoms with E-state index in [1.54, 1.807) is 0 Å². The Balaban J connectivity index is 1.84. The summed E-state index contributed by atoms with van der Waals surface area (Å²) in [6.07, 6.45) is 0. The molecule has 24 heavy (non-hydrogen) atoms. The first-order chi connectivity index (χ1) is 11.5. The molecule has 0 unspecified atom stereocenters. The van der Waals surface area contributed by atoms with E-state index in [9.17, 15) is 4.79 Å². The van der Waals surface area contributed by atoms with Crippen molar-refractivity contribution in [3.8, 4) is 5.75 Å². The van der Waals surface area contributed by atoms with Gasteiger partial charge in [0.05, 0.1) is 38.5 Å². The van der Waals surface area contributed by atoms with Crippen LogP contribution in [0.3, 0.4) is 0 Å². The highest BCUT2D eigenvalue weighted by Gasteiger charge is 2.24. The van der Waals surface area contributed by atoms with Crippen LogP contribution in [0.2, 0.25) is 0 Å². The fourth-order valence-corrected chi connectivity index (χ4v) is 2.94. The SMILES string of the molecule is CCOc1ccccc1N1CC[NH+](CC(=O)N[C@H](C)C(C)C)CC1.